The van der Waals surface area contributed by atoms with Crippen LogP contribution in [0.1, 0.15) is 16.7 Å². The lowest BCUT2D eigenvalue weighted by Gasteiger charge is -2.22. The van der Waals surface area contributed by atoms with Crippen molar-refractivity contribution in [3.63, 3.8) is 0 Å². The van der Waals surface area contributed by atoms with Crippen LogP contribution in [-0.4, -0.2) is 43.6 Å². The van der Waals surface area contributed by atoms with Crippen molar-refractivity contribution < 1.29 is 0 Å². The van der Waals surface area contributed by atoms with E-state index in [2.05, 4.69) is 33.2 Å². The number of aromatic nitrogens is 9. The van der Waals surface area contributed by atoms with Gasteiger partial charge in [-0.1, -0.05) is 0 Å². The average molecular weight is 655 g/mol. The third kappa shape index (κ3) is 3.63. The molecule has 0 saturated heterocycles. The summed E-state index contributed by atoms with van der Waals surface area (Å²) in [7, 11) is 0. The van der Waals surface area contributed by atoms with E-state index in [4.69, 9.17) is 15.0 Å². The molecule has 0 unspecified atom stereocenters. The monoisotopic (exact) mass is 654 g/mol. The predicted molar refractivity (Wildman–Crippen MR) is 190 cm³/mol. The van der Waals surface area contributed by atoms with E-state index in [9.17, 15) is 15.8 Å². The zero-order chi connectivity index (χ0) is 34.2. The van der Waals surface area contributed by atoms with Crippen LogP contribution in [0.25, 0.3) is 82.9 Å². The van der Waals surface area contributed by atoms with Crippen LogP contribution >= 0.6 is 0 Å². The van der Waals surface area contributed by atoms with E-state index in [1.54, 1.807) is 55.8 Å². The number of fused-ring (bicyclic) bond motifs is 9. The van der Waals surface area contributed by atoms with E-state index in [-0.39, 0.29) is 33.8 Å². The fourth-order valence-electron chi connectivity index (χ4n) is 7.45. The van der Waals surface area contributed by atoms with Crippen LogP contribution in [0.15, 0.2) is 110 Å². The zero-order valence-corrected chi connectivity index (χ0v) is 26.3. The maximum absolute atomic E-state index is 11.3. The van der Waals surface area contributed by atoms with Crippen LogP contribution in [0.5, 0.6) is 0 Å². The lowest BCUT2D eigenvalue weighted by atomic mass is 9.96. The van der Waals surface area contributed by atoms with Crippen LogP contribution in [-0.2, 0) is 0 Å². The summed E-state index contributed by atoms with van der Waals surface area (Å²) in [6, 6.07) is 24.1. The Balaban J connectivity index is 1.53. The lowest BCUT2D eigenvalue weighted by Crippen LogP contribution is -2.15. The Hall–Kier alpha value is -8.01. The molecule has 10 rings (SSSR count). The standard InChI is InChI=1S/C39H18N12/c40-16-25-34(49-31-7-13-43-19-28(31)22-4-1-10-46-37(22)49)26(17-41)36(51-33-9-15-45-21-30(33)24-6-3-12-48-39(24)51)27(18-42)35(25)50-32-8-14-44-20-29(32)23-5-2-11-47-38(23)50/h1-15,19-21H. The third-order valence-electron chi connectivity index (χ3n) is 9.41. The minimum Gasteiger partial charge on any atom is -0.291 e. The molecule has 0 aliphatic heterocycles. The van der Waals surface area contributed by atoms with Gasteiger partial charge >= 0.3 is 0 Å². The van der Waals surface area contributed by atoms with Gasteiger partial charge in [0, 0.05) is 88.1 Å². The molecule has 0 fully saturated rings. The smallest absolute Gasteiger partial charge is 0.145 e. The molecule has 0 amide bonds. The van der Waals surface area contributed by atoms with Crippen molar-refractivity contribution in [2.45, 2.75) is 0 Å². The van der Waals surface area contributed by atoms with Gasteiger partial charge in [0.25, 0.3) is 0 Å². The molecule has 234 valence electrons. The minimum absolute atomic E-state index is 0.0878. The molecule has 51 heavy (non-hydrogen) atoms. The summed E-state index contributed by atoms with van der Waals surface area (Å²) >= 11 is 0. The average Bonchev–Trinajstić information content (AvgIpc) is 3.82. The highest BCUT2D eigenvalue weighted by molar-refractivity contribution is 6.11. The van der Waals surface area contributed by atoms with Gasteiger partial charge in [-0.2, -0.15) is 15.8 Å². The third-order valence-corrected chi connectivity index (χ3v) is 9.41. The van der Waals surface area contributed by atoms with Crippen molar-refractivity contribution in [2.75, 3.05) is 0 Å². The van der Waals surface area contributed by atoms with Gasteiger partial charge in [0.1, 0.15) is 51.8 Å². The Morgan fingerprint density at radius 3 is 1.00 bits per heavy atom. The van der Waals surface area contributed by atoms with Crippen molar-refractivity contribution in [1.29, 1.82) is 15.8 Å². The quantitative estimate of drug-likeness (QED) is 0.196. The van der Waals surface area contributed by atoms with Gasteiger partial charge in [-0.3, -0.25) is 28.7 Å². The topological polar surface area (TPSA) is 164 Å². The van der Waals surface area contributed by atoms with E-state index in [1.165, 1.54) is 0 Å². The summed E-state index contributed by atoms with van der Waals surface area (Å²) in [6.45, 7) is 0. The highest BCUT2D eigenvalue weighted by atomic mass is 15.1. The Morgan fingerprint density at radius 1 is 0.392 bits per heavy atom. The van der Waals surface area contributed by atoms with Gasteiger partial charge in [-0.25, -0.2) is 15.0 Å². The Morgan fingerprint density at radius 2 is 0.706 bits per heavy atom. The van der Waals surface area contributed by atoms with Gasteiger partial charge in [-0.05, 0) is 54.6 Å². The second-order valence-corrected chi connectivity index (χ2v) is 11.8. The highest BCUT2D eigenvalue weighted by Crippen LogP contribution is 2.44. The molecule has 12 nitrogen and oxygen atoms in total. The first-order valence-electron chi connectivity index (χ1n) is 15.8. The highest BCUT2D eigenvalue weighted by Gasteiger charge is 2.33. The molecule has 0 radical (unpaired) electrons. The summed E-state index contributed by atoms with van der Waals surface area (Å²) in [4.78, 5) is 27.5. The number of nitriles is 3. The molecule has 1 aromatic carbocycles. The maximum Gasteiger partial charge on any atom is 0.145 e. The number of pyridine rings is 6. The van der Waals surface area contributed by atoms with Gasteiger partial charge < -0.3 is 0 Å². The fourth-order valence-corrected chi connectivity index (χ4v) is 7.45. The molecule has 10 aromatic rings. The molecule has 9 aromatic heterocycles. The van der Waals surface area contributed by atoms with Crippen molar-refractivity contribution in [1.82, 2.24) is 43.6 Å². The van der Waals surface area contributed by atoms with Crippen LogP contribution in [0, 0.1) is 34.0 Å². The van der Waals surface area contributed by atoms with Gasteiger partial charge in [0.05, 0.1) is 33.6 Å². The second-order valence-electron chi connectivity index (χ2n) is 11.8. The molecule has 0 bridgehead atoms. The van der Waals surface area contributed by atoms with Crippen LogP contribution in [0.3, 0.4) is 0 Å². The number of hydrogen-bond acceptors (Lipinski definition) is 9. The molecule has 0 N–H and O–H groups in total. The predicted octanol–water partition coefficient (Wildman–Crippen LogP) is 6.96. The Bertz CT molecular complexity index is 2730. The van der Waals surface area contributed by atoms with Crippen molar-refractivity contribution in [3.8, 4) is 35.3 Å². The SMILES string of the molecule is N#Cc1c(-n2c3ccncc3c3cccnc32)c(C#N)c(-n2c3ccncc3c3cccnc32)c(C#N)c1-n1c2ccncc2c2cccnc21. The molecule has 0 aliphatic carbocycles. The van der Waals surface area contributed by atoms with E-state index >= 15 is 0 Å². The second kappa shape index (κ2) is 10.5. The molecule has 0 spiro atoms. The van der Waals surface area contributed by atoms with E-state index in [0.717, 1.165) is 32.3 Å². The molecule has 0 saturated carbocycles. The first kappa shape index (κ1) is 28.0. The maximum atomic E-state index is 11.3. The first-order valence-corrected chi connectivity index (χ1v) is 15.8. The Kier molecular flexibility index (Phi) is 5.77. The number of benzene rings is 1. The summed E-state index contributed by atoms with van der Waals surface area (Å²) < 4.78 is 5.47. The molecular weight excluding hydrogens is 637 g/mol. The summed E-state index contributed by atoms with van der Waals surface area (Å²) in [5.74, 6) is 0. The van der Waals surface area contributed by atoms with Crippen molar-refractivity contribution in [3.05, 3.63) is 127 Å². The van der Waals surface area contributed by atoms with E-state index in [0.29, 0.717) is 33.5 Å². The first-order chi connectivity index (χ1) is 25.2. The number of hydrogen-bond donors (Lipinski definition) is 0. The van der Waals surface area contributed by atoms with E-state index < -0.39 is 0 Å². The van der Waals surface area contributed by atoms with Crippen molar-refractivity contribution >= 4 is 65.8 Å². The largest absolute Gasteiger partial charge is 0.291 e. The molecular formula is C39H18N12. The van der Waals surface area contributed by atoms with E-state index in [1.807, 2.05) is 68.3 Å². The summed E-state index contributed by atoms with van der Waals surface area (Å²) in [6.07, 6.45) is 15.2. The van der Waals surface area contributed by atoms with Gasteiger partial charge in [-0.15, -0.1) is 0 Å². The van der Waals surface area contributed by atoms with Crippen molar-refractivity contribution in [2.24, 2.45) is 0 Å². The molecule has 12 heteroatoms. The normalized spacial score (nSPS) is 11.5. The summed E-state index contributed by atoms with van der Waals surface area (Å²) in [5, 5.41) is 38.6. The van der Waals surface area contributed by atoms with Crippen LogP contribution in [0.4, 0.5) is 0 Å². The minimum atomic E-state index is 0.0878. The molecule has 0 atom stereocenters. The Labute approximate surface area is 287 Å². The molecule has 0 aliphatic rings. The zero-order valence-electron chi connectivity index (χ0n) is 26.3. The lowest BCUT2D eigenvalue weighted by molar-refractivity contribution is 1.04. The summed E-state index contributed by atoms with van der Waals surface area (Å²) in [5.41, 5.74) is 4.64. The van der Waals surface area contributed by atoms with Gasteiger partial charge in [0.2, 0.25) is 0 Å². The van der Waals surface area contributed by atoms with Gasteiger partial charge in [0.15, 0.2) is 0 Å². The number of nitrogens with zero attached hydrogens (tertiary/aromatic N) is 12. The fraction of sp³-hybridized carbons (Fsp3) is 0. The number of rotatable bonds is 3. The molecule has 9 heterocycles. The van der Waals surface area contributed by atoms with Crippen LogP contribution in [0.2, 0.25) is 0 Å². The van der Waals surface area contributed by atoms with Crippen LogP contribution < -0.4 is 0 Å².